The first-order chi connectivity index (χ1) is 8.58. The lowest BCUT2D eigenvalue weighted by atomic mass is 10.2. The number of pyridine rings is 1. The lowest BCUT2D eigenvalue weighted by Gasteiger charge is -2.11. The normalized spacial score (nSPS) is 10.7. The molecular formula is C13H14ClN3O. The Morgan fingerprint density at radius 1 is 1.28 bits per heavy atom. The van der Waals surface area contributed by atoms with Crippen LogP contribution in [0.1, 0.15) is 31.2 Å². The van der Waals surface area contributed by atoms with E-state index in [1.54, 1.807) is 18.5 Å². The van der Waals surface area contributed by atoms with Crippen LogP contribution in [0.15, 0.2) is 24.5 Å². The fraction of sp³-hybridized carbons (Fsp3) is 0.308. The van der Waals surface area contributed by atoms with Gasteiger partial charge in [-0.1, -0.05) is 25.4 Å². The second-order valence-corrected chi connectivity index (χ2v) is 4.61. The van der Waals surface area contributed by atoms with E-state index in [1.807, 2.05) is 26.8 Å². The first-order valence-electron chi connectivity index (χ1n) is 5.70. The summed E-state index contributed by atoms with van der Waals surface area (Å²) in [6, 6.07) is 3.62. The van der Waals surface area contributed by atoms with Crippen LogP contribution >= 0.6 is 11.6 Å². The van der Waals surface area contributed by atoms with Gasteiger partial charge in [-0.25, -0.2) is 4.98 Å². The third-order valence-electron chi connectivity index (χ3n) is 2.42. The zero-order valence-electron chi connectivity index (χ0n) is 10.5. The zero-order chi connectivity index (χ0) is 13.1. The Hall–Kier alpha value is -1.68. The highest BCUT2D eigenvalue weighted by molar-refractivity contribution is 6.30. The summed E-state index contributed by atoms with van der Waals surface area (Å²) in [5.41, 5.74) is 0.727. The summed E-state index contributed by atoms with van der Waals surface area (Å²) in [7, 11) is 0. The summed E-state index contributed by atoms with van der Waals surface area (Å²) in [4.78, 5) is 12.6. The van der Waals surface area contributed by atoms with Gasteiger partial charge in [0.15, 0.2) is 0 Å². The van der Waals surface area contributed by atoms with Crippen molar-refractivity contribution in [2.75, 3.05) is 0 Å². The van der Waals surface area contributed by atoms with Crippen LogP contribution < -0.4 is 4.74 Å². The number of halogens is 1. The van der Waals surface area contributed by atoms with Crippen molar-refractivity contribution in [2.45, 2.75) is 26.7 Å². The summed E-state index contributed by atoms with van der Waals surface area (Å²) in [5, 5.41) is 0.424. The Balaban J connectivity index is 2.38. The van der Waals surface area contributed by atoms with Gasteiger partial charge in [0.2, 0.25) is 5.88 Å². The van der Waals surface area contributed by atoms with Gasteiger partial charge in [-0.2, -0.15) is 4.98 Å². The minimum Gasteiger partial charge on any atom is -0.437 e. The Morgan fingerprint density at radius 2 is 2.06 bits per heavy atom. The van der Waals surface area contributed by atoms with Crippen molar-refractivity contribution in [1.29, 1.82) is 0 Å². The average molecular weight is 264 g/mol. The van der Waals surface area contributed by atoms with Crippen LogP contribution in [0.3, 0.4) is 0 Å². The number of hydrogen-bond acceptors (Lipinski definition) is 4. The van der Waals surface area contributed by atoms with Crippen molar-refractivity contribution in [1.82, 2.24) is 15.0 Å². The number of hydrogen-bond donors (Lipinski definition) is 0. The smallest absolute Gasteiger partial charge is 0.227 e. The molecule has 0 bridgehead atoms. The topological polar surface area (TPSA) is 47.9 Å². The maximum Gasteiger partial charge on any atom is 0.227 e. The third kappa shape index (κ3) is 2.76. The molecule has 5 heteroatoms. The van der Waals surface area contributed by atoms with Gasteiger partial charge in [-0.05, 0) is 19.1 Å². The van der Waals surface area contributed by atoms with E-state index in [9.17, 15) is 0 Å². The third-order valence-corrected chi connectivity index (χ3v) is 2.79. The van der Waals surface area contributed by atoms with Crippen molar-refractivity contribution in [3.8, 4) is 11.6 Å². The molecule has 0 unspecified atom stereocenters. The Bertz CT molecular complexity index is 543. The van der Waals surface area contributed by atoms with Gasteiger partial charge in [-0.15, -0.1) is 0 Å². The SMILES string of the molecule is Cc1c(Cl)nc(C(C)C)nc1Oc1cccnc1. The maximum atomic E-state index is 6.08. The van der Waals surface area contributed by atoms with Gasteiger partial charge < -0.3 is 4.74 Å². The lowest BCUT2D eigenvalue weighted by molar-refractivity contribution is 0.450. The maximum absolute atomic E-state index is 6.08. The van der Waals surface area contributed by atoms with Crippen LogP contribution in [0.4, 0.5) is 0 Å². The van der Waals surface area contributed by atoms with Crippen LogP contribution in [0.25, 0.3) is 0 Å². The van der Waals surface area contributed by atoms with E-state index in [-0.39, 0.29) is 5.92 Å². The molecule has 0 atom stereocenters. The molecule has 0 spiro atoms. The predicted octanol–water partition coefficient (Wildman–Crippen LogP) is 3.75. The average Bonchev–Trinajstić information content (AvgIpc) is 2.35. The first-order valence-corrected chi connectivity index (χ1v) is 6.07. The molecule has 2 rings (SSSR count). The van der Waals surface area contributed by atoms with Crippen molar-refractivity contribution < 1.29 is 4.74 Å². The summed E-state index contributed by atoms with van der Waals surface area (Å²) in [6.45, 7) is 5.85. The second-order valence-electron chi connectivity index (χ2n) is 4.25. The molecule has 18 heavy (non-hydrogen) atoms. The van der Waals surface area contributed by atoms with Crippen LogP contribution in [-0.4, -0.2) is 15.0 Å². The summed E-state index contributed by atoms with van der Waals surface area (Å²) in [6.07, 6.45) is 3.32. The van der Waals surface area contributed by atoms with Crippen molar-refractivity contribution in [2.24, 2.45) is 0 Å². The first kappa shape index (κ1) is 12.8. The monoisotopic (exact) mass is 263 g/mol. The van der Waals surface area contributed by atoms with E-state index < -0.39 is 0 Å². The van der Waals surface area contributed by atoms with Gasteiger partial charge in [0.1, 0.15) is 16.7 Å². The zero-order valence-corrected chi connectivity index (χ0v) is 11.3. The Morgan fingerprint density at radius 3 is 2.67 bits per heavy atom. The van der Waals surface area contributed by atoms with Gasteiger partial charge >= 0.3 is 0 Å². The minimum atomic E-state index is 0.194. The molecule has 0 aliphatic rings. The standard InChI is InChI=1S/C13H14ClN3O/c1-8(2)12-16-11(14)9(3)13(17-12)18-10-5-4-6-15-7-10/h4-8H,1-3H3. The van der Waals surface area contributed by atoms with Crippen molar-refractivity contribution in [3.63, 3.8) is 0 Å². The molecule has 0 saturated carbocycles. The van der Waals surface area contributed by atoms with Gasteiger partial charge in [0.25, 0.3) is 0 Å². The predicted molar refractivity (Wildman–Crippen MR) is 70.2 cm³/mol. The van der Waals surface area contributed by atoms with Gasteiger partial charge in [0.05, 0.1) is 6.20 Å². The molecular weight excluding hydrogens is 250 g/mol. The van der Waals surface area contributed by atoms with Crippen LogP contribution in [-0.2, 0) is 0 Å². The van der Waals surface area contributed by atoms with Crippen molar-refractivity contribution >= 4 is 11.6 Å². The molecule has 2 heterocycles. The largest absolute Gasteiger partial charge is 0.437 e. The number of nitrogens with zero attached hydrogens (tertiary/aromatic N) is 3. The van der Waals surface area contributed by atoms with Crippen molar-refractivity contribution in [3.05, 3.63) is 41.1 Å². The summed E-state index contributed by atoms with van der Waals surface area (Å²) < 4.78 is 5.68. The molecule has 0 saturated heterocycles. The van der Waals surface area contributed by atoms with Crippen LogP contribution in [0.2, 0.25) is 5.15 Å². The molecule has 0 aliphatic carbocycles. The van der Waals surface area contributed by atoms with Crippen LogP contribution in [0, 0.1) is 6.92 Å². The second kappa shape index (κ2) is 5.31. The Kier molecular flexibility index (Phi) is 3.77. The molecule has 0 aromatic carbocycles. The molecule has 0 fully saturated rings. The van der Waals surface area contributed by atoms with E-state index in [0.717, 1.165) is 5.56 Å². The molecule has 2 aromatic rings. The van der Waals surface area contributed by atoms with E-state index >= 15 is 0 Å². The quantitative estimate of drug-likeness (QED) is 0.792. The molecule has 94 valence electrons. The molecule has 4 nitrogen and oxygen atoms in total. The Labute approximate surface area is 111 Å². The molecule has 0 N–H and O–H groups in total. The molecule has 0 radical (unpaired) electrons. The van der Waals surface area contributed by atoms with E-state index in [0.29, 0.717) is 22.6 Å². The van der Waals surface area contributed by atoms with Crippen LogP contribution in [0.5, 0.6) is 11.6 Å². The summed E-state index contributed by atoms with van der Waals surface area (Å²) >= 11 is 6.08. The van der Waals surface area contributed by atoms with Gasteiger partial charge in [0, 0.05) is 17.7 Å². The highest BCUT2D eigenvalue weighted by atomic mass is 35.5. The highest BCUT2D eigenvalue weighted by Crippen LogP contribution is 2.28. The minimum absolute atomic E-state index is 0.194. The fourth-order valence-corrected chi connectivity index (χ4v) is 1.53. The molecule has 2 aromatic heterocycles. The fourth-order valence-electron chi connectivity index (χ4n) is 1.36. The van der Waals surface area contributed by atoms with E-state index in [4.69, 9.17) is 16.3 Å². The van der Waals surface area contributed by atoms with E-state index in [2.05, 4.69) is 15.0 Å². The number of aromatic nitrogens is 3. The lowest BCUT2D eigenvalue weighted by Crippen LogP contribution is -2.02. The highest BCUT2D eigenvalue weighted by Gasteiger charge is 2.13. The van der Waals surface area contributed by atoms with Gasteiger partial charge in [-0.3, -0.25) is 4.98 Å². The molecule has 0 amide bonds. The molecule has 0 aliphatic heterocycles. The summed E-state index contributed by atoms with van der Waals surface area (Å²) in [5.74, 6) is 1.97. The number of ether oxygens (including phenoxy) is 1. The number of rotatable bonds is 3. The van der Waals surface area contributed by atoms with E-state index in [1.165, 1.54) is 0 Å².